The zero-order valence-electron chi connectivity index (χ0n) is 27.3. The fraction of sp³-hybridized carbons (Fsp3) is 0.0909. The van der Waals surface area contributed by atoms with Crippen LogP contribution in [0.1, 0.15) is 26.3 Å². The van der Waals surface area contributed by atoms with Crippen molar-refractivity contribution in [3.8, 4) is 61.7 Å². The van der Waals surface area contributed by atoms with E-state index in [4.69, 9.17) is 14.4 Å². The monoisotopic (exact) mass is 816 g/mol. The Labute approximate surface area is 300 Å². The molecule has 4 nitrogen and oxygen atoms in total. The van der Waals surface area contributed by atoms with Crippen molar-refractivity contribution in [1.82, 2.24) is 9.97 Å². The second kappa shape index (κ2) is 13.0. The van der Waals surface area contributed by atoms with Gasteiger partial charge in [-0.15, -0.1) is 35.4 Å². The van der Waals surface area contributed by atoms with Crippen LogP contribution in [-0.2, 0) is 26.5 Å². The Bertz CT molecular complexity index is 2440. The molecule has 0 aliphatic heterocycles. The van der Waals surface area contributed by atoms with E-state index in [1.165, 1.54) is 0 Å². The Hall–Kier alpha value is -5.31. The van der Waals surface area contributed by atoms with Gasteiger partial charge in [-0.1, -0.05) is 123 Å². The Balaban J connectivity index is 0.00000378. The summed E-state index contributed by atoms with van der Waals surface area (Å²) in [4.78, 5) is 9.86. The van der Waals surface area contributed by atoms with E-state index in [1.807, 2.05) is 48.7 Å². The van der Waals surface area contributed by atoms with Crippen molar-refractivity contribution in [2.75, 3.05) is 0 Å². The molecule has 0 amide bonds. The number of aromatic nitrogens is 2. The van der Waals surface area contributed by atoms with Crippen LogP contribution in [0, 0.1) is 6.07 Å². The van der Waals surface area contributed by atoms with Crippen molar-refractivity contribution >= 4 is 22.0 Å². The number of benzene rings is 6. The van der Waals surface area contributed by atoms with Crippen LogP contribution in [0.3, 0.4) is 0 Å². The summed E-state index contributed by atoms with van der Waals surface area (Å²) >= 11 is 0. The fourth-order valence-corrected chi connectivity index (χ4v) is 6.37. The van der Waals surface area contributed by atoms with Crippen LogP contribution in [0.4, 0.5) is 0 Å². The number of pyridine rings is 1. The molecule has 0 spiro atoms. The molecule has 0 saturated heterocycles. The number of para-hydroxylation sites is 1. The Morgan fingerprint density at radius 2 is 1.29 bits per heavy atom. The summed E-state index contributed by atoms with van der Waals surface area (Å²) in [6, 6.07) is 48.8. The standard InChI is InChI=1S/C44H33N2O2.Pt/c1-44(2,3)33-20-21-39(47)38(27-33)43-46-42-37(25-32(26-40(42)48-43)28-12-6-4-7-13-28)31-17-10-16-30(24-31)35-18-11-19-36-34(22-23-45-41(35)36)29-14-8-5-9-15-29;/h4-23,25-27,47H,1-3H3;/q-1;. The molecule has 0 unspecified atom stereocenters. The summed E-state index contributed by atoms with van der Waals surface area (Å²) in [5.74, 6) is 0.509. The minimum Gasteiger partial charge on any atom is -0.507 e. The van der Waals surface area contributed by atoms with Crippen LogP contribution < -0.4 is 0 Å². The third-order valence-electron chi connectivity index (χ3n) is 8.93. The van der Waals surface area contributed by atoms with Crippen molar-refractivity contribution in [3.05, 3.63) is 151 Å². The maximum absolute atomic E-state index is 10.9. The SMILES string of the molecule is CC(C)(C)c1ccc(O)c(-c2nc3c(-c4[c-]c(-c5cccc6c(-c7ccccc7)ccnc56)ccc4)cc(-c4ccccc4)cc3o2)c1.[Pt]. The summed E-state index contributed by atoms with van der Waals surface area (Å²) < 4.78 is 6.46. The average Bonchev–Trinajstić information content (AvgIpc) is 3.55. The molecule has 0 aliphatic rings. The van der Waals surface area contributed by atoms with E-state index in [0.29, 0.717) is 22.6 Å². The summed E-state index contributed by atoms with van der Waals surface area (Å²) in [5, 5.41) is 12.0. The number of oxazole rings is 1. The third-order valence-corrected chi connectivity index (χ3v) is 8.93. The molecule has 0 bridgehead atoms. The molecule has 8 rings (SSSR count). The average molecular weight is 817 g/mol. The molecule has 0 saturated carbocycles. The van der Waals surface area contributed by atoms with E-state index in [1.54, 1.807) is 6.07 Å². The van der Waals surface area contributed by atoms with E-state index in [2.05, 4.69) is 112 Å². The van der Waals surface area contributed by atoms with Crippen molar-refractivity contribution in [3.63, 3.8) is 0 Å². The number of hydrogen-bond acceptors (Lipinski definition) is 4. The van der Waals surface area contributed by atoms with Gasteiger partial charge in [-0.3, -0.25) is 4.98 Å². The predicted octanol–water partition coefficient (Wildman–Crippen LogP) is 11.5. The van der Waals surface area contributed by atoms with E-state index in [9.17, 15) is 5.11 Å². The molecule has 6 aromatic carbocycles. The molecular formula is C44H33N2O2Pt-. The summed E-state index contributed by atoms with van der Waals surface area (Å²) in [5.41, 5.74) is 11.9. The molecular weight excluding hydrogens is 784 g/mol. The minimum absolute atomic E-state index is 0. The van der Waals surface area contributed by atoms with E-state index in [-0.39, 0.29) is 32.2 Å². The Morgan fingerprint density at radius 1 is 0.592 bits per heavy atom. The quantitative estimate of drug-likeness (QED) is 0.176. The van der Waals surface area contributed by atoms with Gasteiger partial charge in [-0.25, -0.2) is 4.98 Å². The van der Waals surface area contributed by atoms with Gasteiger partial charge in [0.15, 0.2) is 0 Å². The summed E-state index contributed by atoms with van der Waals surface area (Å²) in [6.45, 7) is 6.45. The molecule has 2 aromatic heterocycles. The molecule has 5 heteroatoms. The van der Waals surface area contributed by atoms with Crippen LogP contribution in [0.2, 0.25) is 0 Å². The zero-order valence-corrected chi connectivity index (χ0v) is 29.6. The van der Waals surface area contributed by atoms with Crippen molar-refractivity contribution in [1.29, 1.82) is 0 Å². The van der Waals surface area contributed by atoms with Gasteiger partial charge >= 0.3 is 0 Å². The van der Waals surface area contributed by atoms with Crippen LogP contribution in [0.25, 0.3) is 78.0 Å². The third kappa shape index (κ3) is 6.09. The number of rotatable bonds is 5. The summed E-state index contributed by atoms with van der Waals surface area (Å²) in [6.07, 6.45) is 1.88. The summed E-state index contributed by atoms with van der Waals surface area (Å²) in [7, 11) is 0. The van der Waals surface area contributed by atoms with Gasteiger partial charge in [-0.2, -0.15) is 0 Å². The Kier molecular flexibility index (Phi) is 8.52. The van der Waals surface area contributed by atoms with Crippen molar-refractivity contribution in [2.24, 2.45) is 0 Å². The fourth-order valence-electron chi connectivity index (χ4n) is 6.37. The number of fused-ring (bicyclic) bond motifs is 2. The van der Waals surface area contributed by atoms with Crippen molar-refractivity contribution in [2.45, 2.75) is 26.2 Å². The Morgan fingerprint density at radius 3 is 2.02 bits per heavy atom. The molecule has 2 heterocycles. The second-order valence-corrected chi connectivity index (χ2v) is 13.1. The molecule has 8 aromatic rings. The first-order chi connectivity index (χ1) is 23.3. The second-order valence-electron chi connectivity index (χ2n) is 13.1. The number of hydrogen-bond donors (Lipinski definition) is 1. The molecule has 49 heavy (non-hydrogen) atoms. The van der Waals surface area contributed by atoms with Gasteiger partial charge in [0, 0.05) is 38.2 Å². The maximum Gasteiger partial charge on any atom is 0.230 e. The van der Waals surface area contributed by atoms with Gasteiger partial charge in [-0.05, 0) is 57.5 Å². The largest absolute Gasteiger partial charge is 0.507 e. The van der Waals surface area contributed by atoms with Gasteiger partial charge in [0.2, 0.25) is 5.89 Å². The number of phenols is 1. The first kappa shape index (κ1) is 32.2. The van der Waals surface area contributed by atoms with Crippen LogP contribution >= 0.6 is 0 Å². The van der Waals surface area contributed by atoms with Gasteiger partial charge < -0.3 is 9.52 Å². The van der Waals surface area contributed by atoms with Crippen LogP contribution in [-0.4, -0.2) is 15.1 Å². The molecule has 242 valence electrons. The van der Waals surface area contributed by atoms with E-state index < -0.39 is 0 Å². The van der Waals surface area contributed by atoms with Crippen LogP contribution in [0.15, 0.2) is 144 Å². The van der Waals surface area contributed by atoms with E-state index in [0.717, 1.165) is 61.0 Å². The molecule has 0 radical (unpaired) electrons. The maximum atomic E-state index is 10.9. The predicted molar refractivity (Wildman–Crippen MR) is 196 cm³/mol. The molecule has 0 aliphatic carbocycles. The minimum atomic E-state index is -0.103. The van der Waals surface area contributed by atoms with Crippen molar-refractivity contribution < 1.29 is 30.6 Å². The van der Waals surface area contributed by atoms with E-state index >= 15 is 0 Å². The molecule has 0 fully saturated rings. The topological polar surface area (TPSA) is 59.2 Å². The first-order valence-corrected chi connectivity index (χ1v) is 16.1. The van der Waals surface area contributed by atoms with Crippen LogP contribution in [0.5, 0.6) is 5.75 Å². The normalized spacial score (nSPS) is 11.5. The number of nitrogens with zero attached hydrogens (tertiary/aromatic N) is 2. The smallest absolute Gasteiger partial charge is 0.230 e. The molecule has 1 N–H and O–H groups in total. The van der Waals surface area contributed by atoms with Gasteiger partial charge in [0.05, 0.1) is 11.1 Å². The number of aromatic hydroxyl groups is 1. The van der Waals surface area contributed by atoms with Gasteiger partial charge in [0.25, 0.3) is 0 Å². The first-order valence-electron chi connectivity index (χ1n) is 16.1. The van der Waals surface area contributed by atoms with Gasteiger partial charge in [0.1, 0.15) is 11.3 Å². The zero-order chi connectivity index (χ0) is 32.8. The number of phenolic OH excluding ortho intramolecular Hbond substituents is 1. The molecule has 0 atom stereocenters.